The minimum absolute atomic E-state index is 0.125. The zero-order valence-corrected chi connectivity index (χ0v) is 7.73. The fourth-order valence-corrected chi connectivity index (χ4v) is 1.43. The molecule has 72 valence electrons. The predicted octanol–water partition coefficient (Wildman–Crippen LogP) is 0.779. The summed E-state index contributed by atoms with van der Waals surface area (Å²) in [7, 11) is -3.38. The van der Waals surface area contributed by atoms with E-state index in [0.29, 0.717) is 0 Å². The van der Waals surface area contributed by atoms with E-state index < -0.39 is 15.8 Å². The van der Waals surface area contributed by atoms with Crippen LogP contribution in [0, 0.1) is 5.82 Å². The Hall–Kier alpha value is -1.30. The molecule has 0 fully saturated rings. The van der Waals surface area contributed by atoms with Crippen LogP contribution in [0.25, 0.3) is 0 Å². The Kier molecular flexibility index (Phi) is 2.42. The number of sulfonamides is 1. The quantitative estimate of drug-likeness (QED) is 0.699. The van der Waals surface area contributed by atoms with Gasteiger partial charge in [0.1, 0.15) is 5.82 Å². The maximum Gasteiger partial charge on any atom is 0.229 e. The third-order valence-electron chi connectivity index (χ3n) is 1.22. The Morgan fingerprint density at radius 1 is 1.38 bits per heavy atom. The molecule has 3 N–H and O–H groups in total. The Morgan fingerprint density at radius 2 is 2.00 bits per heavy atom. The summed E-state index contributed by atoms with van der Waals surface area (Å²) in [5.74, 6) is -0.578. The van der Waals surface area contributed by atoms with Crippen LogP contribution in [0.2, 0.25) is 0 Å². The van der Waals surface area contributed by atoms with Gasteiger partial charge in [-0.25, -0.2) is 12.8 Å². The van der Waals surface area contributed by atoms with Gasteiger partial charge in [-0.15, -0.1) is 0 Å². The monoisotopic (exact) mass is 204 g/mol. The van der Waals surface area contributed by atoms with Gasteiger partial charge in [0.05, 0.1) is 11.9 Å². The minimum atomic E-state index is -3.38. The molecule has 0 bridgehead atoms. The van der Waals surface area contributed by atoms with Crippen molar-refractivity contribution in [3.63, 3.8) is 0 Å². The number of nitrogens with one attached hydrogen (secondary N) is 1. The summed E-state index contributed by atoms with van der Waals surface area (Å²) in [5.41, 5.74) is 5.60. The van der Waals surface area contributed by atoms with Gasteiger partial charge in [0, 0.05) is 5.69 Å². The number of nitrogen functional groups attached to an aromatic ring is 1. The van der Waals surface area contributed by atoms with Crippen LogP contribution in [-0.4, -0.2) is 14.7 Å². The number of rotatable bonds is 2. The smallest absolute Gasteiger partial charge is 0.229 e. The highest BCUT2D eigenvalue weighted by Gasteiger charge is 2.03. The van der Waals surface area contributed by atoms with Crippen LogP contribution in [0.5, 0.6) is 0 Å². The fraction of sp³-hybridized carbons (Fsp3) is 0.143. The van der Waals surface area contributed by atoms with Gasteiger partial charge in [0.25, 0.3) is 0 Å². The standard InChI is InChI=1S/C7H9FN2O2S/c1-13(11,12)10-7-3-5(8)2-6(9)4-7/h2-4,10H,9H2,1H3. The van der Waals surface area contributed by atoms with E-state index in [4.69, 9.17) is 5.73 Å². The first kappa shape index (κ1) is 9.79. The molecule has 4 nitrogen and oxygen atoms in total. The van der Waals surface area contributed by atoms with E-state index in [1.54, 1.807) is 0 Å². The molecule has 1 aromatic rings. The van der Waals surface area contributed by atoms with Crippen molar-refractivity contribution in [3.8, 4) is 0 Å². The lowest BCUT2D eigenvalue weighted by atomic mass is 10.3. The second-order valence-corrected chi connectivity index (χ2v) is 4.40. The van der Waals surface area contributed by atoms with Crippen molar-refractivity contribution in [1.82, 2.24) is 0 Å². The van der Waals surface area contributed by atoms with E-state index in [0.717, 1.165) is 18.4 Å². The topological polar surface area (TPSA) is 72.2 Å². The second kappa shape index (κ2) is 3.21. The molecule has 0 heterocycles. The highest BCUT2D eigenvalue weighted by molar-refractivity contribution is 7.92. The van der Waals surface area contributed by atoms with E-state index in [-0.39, 0.29) is 11.4 Å². The molecule has 0 unspecified atom stereocenters. The molecule has 0 spiro atoms. The summed E-state index contributed by atoms with van der Waals surface area (Å²) in [5, 5.41) is 0. The molecule has 0 aromatic heterocycles. The van der Waals surface area contributed by atoms with Crippen LogP contribution in [0.1, 0.15) is 0 Å². The zero-order valence-electron chi connectivity index (χ0n) is 6.91. The predicted molar refractivity (Wildman–Crippen MR) is 49.3 cm³/mol. The minimum Gasteiger partial charge on any atom is -0.399 e. The summed E-state index contributed by atoms with van der Waals surface area (Å²) < 4.78 is 36.3. The molecule has 0 saturated heterocycles. The molecule has 13 heavy (non-hydrogen) atoms. The average molecular weight is 204 g/mol. The van der Waals surface area contributed by atoms with Crippen LogP contribution in [0.15, 0.2) is 18.2 Å². The van der Waals surface area contributed by atoms with Crippen molar-refractivity contribution in [2.24, 2.45) is 0 Å². The normalized spacial score (nSPS) is 11.2. The van der Waals surface area contributed by atoms with E-state index in [1.807, 2.05) is 0 Å². The van der Waals surface area contributed by atoms with E-state index in [9.17, 15) is 12.8 Å². The second-order valence-electron chi connectivity index (χ2n) is 2.65. The summed E-state index contributed by atoms with van der Waals surface area (Å²) in [6.07, 6.45) is 0.980. The maximum atomic E-state index is 12.7. The van der Waals surface area contributed by atoms with Gasteiger partial charge in [0.15, 0.2) is 0 Å². The van der Waals surface area contributed by atoms with Gasteiger partial charge >= 0.3 is 0 Å². The highest BCUT2D eigenvalue weighted by atomic mass is 32.2. The van der Waals surface area contributed by atoms with Crippen LogP contribution in [0.3, 0.4) is 0 Å². The first-order valence-corrected chi connectivity index (χ1v) is 5.30. The van der Waals surface area contributed by atoms with E-state index in [1.165, 1.54) is 6.07 Å². The number of hydrogen-bond donors (Lipinski definition) is 2. The molecule has 6 heteroatoms. The summed E-state index contributed by atoms with van der Waals surface area (Å²) in [4.78, 5) is 0. The number of anilines is 2. The van der Waals surface area contributed by atoms with Crippen molar-refractivity contribution < 1.29 is 12.8 Å². The molecule has 0 atom stereocenters. The molecule has 0 amide bonds. The van der Waals surface area contributed by atoms with Crippen LogP contribution in [0.4, 0.5) is 15.8 Å². The van der Waals surface area contributed by atoms with Crippen molar-refractivity contribution in [2.45, 2.75) is 0 Å². The molecule has 0 aliphatic heterocycles. The van der Waals surface area contributed by atoms with Gasteiger partial charge in [-0.3, -0.25) is 4.72 Å². The lowest BCUT2D eigenvalue weighted by Gasteiger charge is -2.04. The highest BCUT2D eigenvalue weighted by Crippen LogP contribution is 2.15. The lowest BCUT2D eigenvalue weighted by molar-refractivity contribution is 0.606. The Labute approximate surface area is 75.6 Å². The largest absolute Gasteiger partial charge is 0.399 e. The van der Waals surface area contributed by atoms with Gasteiger partial charge in [0.2, 0.25) is 10.0 Å². The first-order valence-electron chi connectivity index (χ1n) is 3.41. The Morgan fingerprint density at radius 3 is 2.46 bits per heavy atom. The third-order valence-corrected chi connectivity index (χ3v) is 1.83. The molecular weight excluding hydrogens is 195 g/mol. The number of hydrogen-bond acceptors (Lipinski definition) is 3. The molecule has 1 aromatic carbocycles. The van der Waals surface area contributed by atoms with Crippen molar-refractivity contribution in [2.75, 3.05) is 16.7 Å². The number of nitrogens with two attached hydrogens (primary N) is 1. The lowest BCUT2D eigenvalue weighted by Crippen LogP contribution is -2.09. The Bertz CT molecular complexity index is 396. The maximum absolute atomic E-state index is 12.7. The summed E-state index contributed by atoms with van der Waals surface area (Å²) in [6, 6.07) is 3.50. The first-order chi connectivity index (χ1) is 5.87. The van der Waals surface area contributed by atoms with Crippen LogP contribution < -0.4 is 10.5 Å². The van der Waals surface area contributed by atoms with Gasteiger partial charge in [-0.1, -0.05) is 0 Å². The molecule has 0 aliphatic carbocycles. The van der Waals surface area contributed by atoms with Crippen molar-refractivity contribution in [1.29, 1.82) is 0 Å². The molecule has 0 aliphatic rings. The number of benzene rings is 1. The molecule has 1 rings (SSSR count). The summed E-state index contributed by atoms with van der Waals surface area (Å²) >= 11 is 0. The fourth-order valence-electron chi connectivity index (χ4n) is 0.885. The van der Waals surface area contributed by atoms with E-state index in [2.05, 4.69) is 4.72 Å². The van der Waals surface area contributed by atoms with Gasteiger partial charge < -0.3 is 5.73 Å². The molecular formula is C7H9FN2O2S. The van der Waals surface area contributed by atoms with E-state index >= 15 is 0 Å². The van der Waals surface area contributed by atoms with Crippen LogP contribution >= 0.6 is 0 Å². The third kappa shape index (κ3) is 3.29. The zero-order chi connectivity index (χ0) is 10.1. The Balaban J connectivity index is 3.03. The number of halogens is 1. The summed E-state index contributed by atoms with van der Waals surface area (Å²) in [6.45, 7) is 0. The average Bonchev–Trinajstić information content (AvgIpc) is 1.78. The SMILES string of the molecule is CS(=O)(=O)Nc1cc(N)cc(F)c1. The van der Waals surface area contributed by atoms with Gasteiger partial charge in [-0.05, 0) is 18.2 Å². The molecule has 0 saturated carbocycles. The van der Waals surface area contributed by atoms with Crippen LogP contribution in [-0.2, 0) is 10.0 Å². The molecule has 0 radical (unpaired) electrons. The van der Waals surface area contributed by atoms with Crippen molar-refractivity contribution >= 4 is 21.4 Å². The van der Waals surface area contributed by atoms with Gasteiger partial charge in [-0.2, -0.15) is 0 Å². The van der Waals surface area contributed by atoms with Crippen molar-refractivity contribution in [3.05, 3.63) is 24.0 Å².